The Morgan fingerprint density at radius 1 is 1.30 bits per heavy atom. The summed E-state index contributed by atoms with van der Waals surface area (Å²) in [5.41, 5.74) is -0.157. The Bertz CT molecular complexity index is 1020. The van der Waals surface area contributed by atoms with Crippen molar-refractivity contribution in [1.29, 1.82) is 0 Å². The number of pyridine rings is 1. The Kier molecular flexibility index (Phi) is 5.33. The highest BCUT2D eigenvalue weighted by Crippen LogP contribution is 2.39. The first-order chi connectivity index (χ1) is 14.1. The minimum Gasteiger partial charge on any atom is -0.338 e. The number of alkyl halides is 4. The molecule has 1 amide bonds. The third kappa shape index (κ3) is 3.94. The summed E-state index contributed by atoms with van der Waals surface area (Å²) in [4.78, 5) is 30.9. The smallest absolute Gasteiger partial charge is 0.338 e. The van der Waals surface area contributed by atoms with E-state index in [1.54, 1.807) is 6.07 Å². The summed E-state index contributed by atoms with van der Waals surface area (Å²) in [6, 6.07) is 0.191. The molecule has 4 rings (SSSR count). The maximum atomic E-state index is 13.5. The van der Waals surface area contributed by atoms with Crippen LogP contribution < -0.4 is 5.69 Å². The third-order valence-corrected chi connectivity index (χ3v) is 5.68. The predicted octanol–water partition coefficient (Wildman–Crippen LogP) is 2.38. The van der Waals surface area contributed by atoms with Crippen LogP contribution in [0.3, 0.4) is 0 Å². The van der Waals surface area contributed by atoms with Gasteiger partial charge in [-0.25, -0.2) is 13.9 Å². The number of hydrogen-bond acceptors (Lipinski definition) is 4. The molecule has 1 fully saturated rings. The monoisotopic (exact) mass is 447 g/mol. The van der Waals surface area contributed by atoms with Gasteiger partial charge in [-0.3, -0.25) is 14.3 Å². The first kappa shape index (κ1) is 20.8. The number of halogens is 5. The largest absolute Gasteiger partial charge is 0.392 e. The summed E-state index contributed by atoms with van der Waals surface area (Å²) < 4.78 is 56.0. The van der Waals surface area contributed by atoms with Crippen LogP contribution in [-0.4, -0.2) is 55.6 Å². The van der Waals surface area contributed by atoms with Crippen molar-refractivity contribution in [3.8, 4) is 0 Å². The lowest BCUT2D eigenvalue weighted by Crippen LogP contribution is -2.45. The van der Waals surface area contributed by atoms with Gasteiger partial charge in [-0.2, -0.15) is 18.3 Å². The van der Waals surface area contributed by atoms with Gasteiger partial charge in [-0.05, 0) is 24.5 Å². The average Bonchev–Trinajstić information content (AvgIpc) is 3.24. The number of hydrogen-bond donors (Lipinski definition) is 0. The van der Waals surface area contributed by atoms with Crippen LogP contribution in [0.25, 0.3) is 0 Å². The molecular weight excluding hydrogens is 430 g/mol. The topological polar surface area (TPSA) is 73.0 Å². The molecule has 12 heteroatoms. The number of amides is 1. The summed E-state index contributed by atoms with van der Waals surface area (Å²) >= 11 is 5.89. The van der Waals surface area contributed by atoms with Crippen molar-refractivity contribution in [2.75, 3.05) is 13.1 Å². The zero-order valence-corrected chi connectivity index (χ0v) is 16.4. The molecule has 7 nitrogen and oxygen atoms in total. The fourth-order valence-corrected chi connectivity index (χ4v) is 4.20. The maximum absolute atomic E-state index is 13.5. The summed E-state index contributed by atoms with van der Waals surface area (Å²) in [5.74, 6) is -2.61. The number of carbonyl (C=O) groups is 1. The zero-order chi connectivity index (χ0) is 21.6. The molecule has 2 aromatic rings. The van der Waals surface area contributed by atoms with Crippen molar-refractivity contribution in [3.05, 3.63) is 45.4 Å². The van der Waals surface area contributed by atoms with Gasteiger partial charge in [0, 0.05) is 25.4 Å². The second-order valence-corrected chi connectivity index (χ2v) is 8.04. The Morgan fingerprint density at radius 2 is 2.07 bits per heavy atom. The summed E-state index contributed by atoms with van der Waals surface area (Å²) in [5, 5.41) is 4.40. The lowest BCUT2D eigenvalue weighted by Gasteiger charge is -2.32. The average molecular weight is 448 g/mol. The van der Waals surface area contributed by atoms with Crippen molar-refractivity contribution >= 4 is 17.5 Å². The highest BCUT2D eigenvalue weighted by Gasteiger charge is 2.48. The number of fused-ring (bicyclic) bond motifs is 1. The predicted molar refractivity (Wildman–Crippen MR) is 97.8 cm³/mol. The number of likely N-dealkylation sites (tertiary alicyclic amines) is 1. The Balaban J connectivity index is 1.71. The van der Waals surface area contributed by atoms with Crippen molar-refractivity contribution in [3.63, 3.8) is 0 Å². The molecule has 3 atom stereocenters. The van der Waals surface area contributed by atoms with Gasteiger partial charge in [-0.1, -0.05) is 11.6 Å². The van der Waals surface area contributed by atoms with E-state index in [1.165, 1.54) is 17.3 Å². The van der Waals surface area contributed by atoms with Crippen molar-refractivity contribution in [2.24, 2.45) is 5.92 Å². The molecule has 0 N–H and O–H groups in total. The van der Waals surface area contributed by atoms with Gasteiger partial charge in [0.25, 0.3) is 0 Å². The zero-order valence-electron chi connectivity index (χ0n) is 15.6. The lowest BCUT2D eigenvalue weighted by atomic mass is 9.91. The third-order valence-electron chi connectivity index (χ3n) is 5.47. The molecule has 0 saturated carbocycles. The molecule has 2 aliphatic rings. The van der Waals surface area contributed by atoms with E-state index in [0.717, 1.165) is 9.25 Å². The molecule has 2 unspecified atom stereocenters. The van der Waals surface area contributed by atoms with Crippen molar-refractivity contribution in [2.45, 2.75) is 44.2 Å². The van der Waals surface area contributed by atoms with Gasteiger partial charge in [-0.15, -0.1) is 0 Å². The van der Waals surface area contributed by atoms with Crippen LogP contribution in [-0.2, 0) is 17.8 Å². The molecule has 2 aromatic heterocycles. The van der Waals surface area contributed by atoms with E-state index in [1.807, 2.05) is 0 Å². The van der Waals surface area contributed by atoms with E-state index >= 15 is 0 Å². The van der Waals surface area contributed by atoms with Gasteiger partial charge in [0.15, 0.2) is 0 Å². The molecule has 0 bridgehead atoms. The number of nitrogens with zero attached hydrogens (tertiary/aromatic N) is 5. The molecule has 0 aromatic carbocycles. The lowest BCUT2D eigenvalue weighted by molar-refractivity contribution is -0.183. The van der Waals surface area contributed by atoms with Crippen LogP contribution in [0.1, 0.15) is 30.3 Å². The minimum absolute atomic E-state index is 0.0553. The maximum Gasteiger partial charge on any atom is 0.392 e. The first-order valence-electron chi connectivity index (χ1n) is 9.40. The highest BCUT2D eigenvalue weighted by molar-refractivity contribution is 6.30. The molecule has 0 spiro atoms. The minimum atomic E-state index is -4.55. The van der Waals surface area contributed by atoms with E-state index in [0.29, 0.717) is 10.6 Å². The summed E-state index contributed by atoms with van der Waals surface area (Å²) in [7, 11) is 0. The van der Waals surface area contributed by atoms with Crippen molar-refractivity contribution < 1.29 is 22.4 Å². The van der Waals surface area contributed by atoms with E-state index in [4.69, 9.17) is 11.6 Å². The van der Waals surface area contributed by atoms with Crippen LogP contribution in [0.15, 0.2) is 23.3 Å². The standard InChI is InChI=1S/C18H18ClF4N5O2/c19-12-3-10(6-24-7-12)8-27-17(30)28-14(16(29)26-2-1-13(20)9-26)4-11(18(21,22)23)5-15(28)25-27/h3,6-7,11,13-14H,1-2,4-5,8-9H2/t11?,13-,14?/m0/s1. The summed E-state index contributed by atoms with van der Waals surface area (Å²) in [6.07, 6.45) is -3.85. The molecule has 0 radical (unpaired) electrons. The van der Waals surface area contributed by atoms with Crippen molar-refractivity contribution in [1.82, 2.24) is 24.2 Å². The SMILES string of the molecule is O=C(C1CC(C(F)(F)F)Cc2nn(Cc3cncc(Cl)c3)c(=O)n21)N1CC[C@H](F)C1. The van der Waals surface area contributed by atoms with Gasteiger partial charge in [0.2, 0.25) is 5.91 Å². The fraction of sp³-hybridized carbons (Fsp3) is 0.556. The fourth-order valence-electron chi connectivity index (χ4n) is 4.00. The molecule has 4 heterocycles. The molecular formula is C18H18ClF4N5O2. The molecule has 162 valence electrons. The quantitative estimate of drug-likeness (QED) is 0.677. The molecule has 30 heavy (non-hydrogen) atoms. The van der Waals surface area contributed by atoms with Gasteiger partial charge in [0.05, 0.1) is 24.0 Å². The van der Waals surface area contributed by atoms with Gasteiger partial charge in [0.1, 0.15) is 18.0 Å². The normalized spacial score (nSPS) is 24.2. The second kappa shape index (κ2) is 7.68. The number of aromatic nitrogens is 4. The molecule has 1 saturated heterocycles. The highest BCUT2D eigenvalue weighted by atomic mass is 35.5. The molecule has 2 aliphatic heterocycles. The second-order valence-electron chi connectivity index (χ2n) is 7.60. The van der Waals surface area contributed by atoms with E-state index in [9.17, 15) is 27.2 Å². The molecule has 0 aliphatic carbocycles. The van der Waals surface area contributed by atoms with Gasteiger partial charge < -0.3 is 4.90 Å². The Hall–Kier alpha value is -2.43. The van der Waals surface area contributed by atoms with Crippen LogP contribution in [0, 0.1) is 5.92 Å². The van der Waals surface area contributed by atoms with E-state index < -0.39 is 48.7 Å². The van der Waals surface area contributed by atoms with Crippen LogP contribution in [0.2, 0.25) is 5.02 Å². The Labute approximate surface area is 173 Å². The van der Waals surface area contributed by atoms with E-state index in [2.05, 4.69) is 10.1 Å². The van der Waals surface area contributed by atoms with Crippen LogP contribution in [0.5, 0.6) is 0 Å². The first-order valence-corrected chi connectivity index (χ1v) is 9.78. The Morgan fingerprint density at radius 3 is 2.70 bits per heavy atom. The summed E-state index contributed by atoms with van der Waals surface area (Å²) in [6.45, 7) is -0.127. The van der Waals surface area contributed by atoms with Crippen LogP contribution in [0.4, 0.5) is 17.6 Å². The van der Waals surface area contributed by atoms with Crippen LogP contribution >= 0.6 is 11.6 Å². The number of carbonyl (C=O) groups excluding carboxylic acids is 1. The van der Waals surface area contributed by atoms with Gasteiger partial charge >= 0.3 is 11.9 Å². The number of rotatable bonds is 3. The van der Waals surface area contributed by atoms with E-state index in [-0.39, 0.29) is 31.9 Å².